The molecule has 0 atom stereocenters. The van der Waals surface area contributed by atoms with Crippen molar-refractivity contribution in [1.82, 2.24) is 19.2 Å². The summed E-state index contributed by atoms with van der Waals surface area (Å²) in [5.41, 5.74) is 3.70. The molecule has 1 aliphatic heterocycles. The molecule has 0 bridgehead atoms. The number of aromatic nitrogens is 2. The van der Waals surface area contributed by atoms with Gasteiger partial charge in [0, 0.05) is 55.3 Å². The van der Waals surface area contributed by atoms with Gasteiger partial charge in [0.25, 0.3) is 0 Å². The van der Waals surface area contributed by atoms with E-state index >= 15 is 0 Å². The van der Waals surface area contributed by atoms with Gasteiger partial charge in [0.2, 0.25) is 10.0 Å². The van der Waals surface area contributed by atoms with Gasteiger partial charge in [-0.3, -0.25) is 9.88 Å². The van der Waals surface area contributed by atoms with E-state index in [1.165, 1.54) is 0 Å². The SMILES string of the molecule is Cc1cnc2c(S(=O)(=O)N3CCN(Cc4csc(-c5ccccc5)n4)CC3)cccc2c1. The predicted molar refractivity (Wildman–Crippen MR) is 128 cm³/mol. The number of fused-ring (bicyclic) bond motifs is 1. The average molecular weight is 465 g/mol. The summed E-state index contributed by atoms with van der Waals surface area (Å²) >= 11 is 1.64. The van der Waals surface area contributed by atoms with Crippen molar-refractivity contribution in [3.05, 3.63) is 77.4 Å². The van der Waals surface area contributed by atoms with Crippen molar-refractivity contribution in [2.75, 3.05) is 26.2 Å². The topological polar surface area (TPSA) is 66.4 Å². The van der Waals surface area contributed by atoms with Crippen LogP contribution < -0.4 is 0 Å². The highest BCUT2D eigenvalue weighted by molar-refractivity contribution is 7.89. The van der Waals surface area contributed by atoms with Gasteiger partial charge in [-0.25, -0.2) is 13.4 Å². The van der Waals surface area contributed by atoms with E-state index in [2.05, 4.69) is 27.4 Å². The Morgan fingerprint density at radius 2 is 1.78 bits per heavy atom. The van der Waals surface area contributed by atoms with Gasteiger partial charge in [-0.15, -0.1) is 11.3 Å². The normalized spacial score (nSPS) is 15.9. The van der Waals surface area contributed by atoms with Crippen molar-refractivity contribution in [3.8, 4) is 10.6 Å². The lowest BCUT2D eigenvalue weighted by molar-refractivity contribution is 0.180. The molecule has 1 aliphatic rings. The Morgan fingerprint density at radius 3 is 2.56 bits per heavy atom. The van der Waals surface area contributed by atoms with E-state index in [-0.39, 0.29) is 4.90 Å². The van der Waals surface area contributed by atoms with Crippen LogP contribution in [0.4, 0.5) is 0 Å². The molecule has 8 heteroatoms. The van der Waals surface area contributed by atoms with Gasteiger partial charge >= 0.3 is 0 Å². The quantitative estimate of drug-likeness (QED) is 0.443. The molecular formula is C24H24N4O2S2. The maximum atomic E-state index is 13.4. The lowest BCUT2D eigenvalue weighted by Gasteiger charge is -2.33. The maximum Gasteiger partial charge on any atom is 0.245 e. The molecule has 4 aromatic rings. The first kappa shape index (κ1) is 21.2. The van der Waals surface area contributed by atoms with E-state index < -0.39 is 10.0 Å². The number of aryl methyl sites for hydroxylation is 1. The first-order valence-electron chi connectivity index (χ1n) is 10.6. The van der Waals surface area contributed by atoms with E-state index in [1.807, 2.05) is 37.3 Å². The molecule has 1 fully saturated rings. The van der Waals surface area contributed by atoms with E-state index in [9.17, 15) is 8.42 Å². The standard InChI is InChI=1S/C24H24N4O2S2/c1-18-14-20-8-5-9-22(23(20)25-15-18)32(29,30)28-12-10-27(11-13-28)16-21-17-31-24(26-21)19-6-3-2-4-7-19/h2-9,14-15,17H,10-13,16H2,1H3. The summed E-state index contributed by atoms with van der Waals surface area (Å²) in [5.74, 6) is 0. The van der Waals surface area contributed by atoms with Gasteiger partial charge in [-0.1, -0.05) is 42.5 Å². The van der Waals surface area contributed by atoms with E-state index in [1.54, 1.807) is 34.0 Å². The molecule has 1 saturated heterocycles. The summed E-state index contributed by atoms with van der Waals surface area (Å²) in [6.45, 7) is 4.95. The van der Waals surface area contributed by atoms with Gasteiger partial charge < -0.3 is 0 Å². The third-order valence-electron chi connectivity index (χ3n) is 5.72. The van der Waals surface area contributed by atoms with E-state index in [0.29, 0.717) is 31.7 Å². The van der Waals surface area contributed by atoms with Gasteiger partial charge in [-0.05, 0) is 24.6 Å². The van der Waals surface area contributed by atoms with E-state index in [0.717, 1.165) is 33.8 Å². The maximum absolute atomic E-state index is 13.4. The fraction of sp³-hybridized carbons (Fsp3) is 0.250. The number of benzene rings is 2. The van der Waals surface area contributed by atoms with Crippen LogP contribution in [-0.2, 0) is 16.6 Å². The highest BCUT2D eigenvalue weighted by Crippen LogP contribution is 2.27. The van der Waals surface area contributed by atoms with Crippen molar-refractivity contribution >= 4 is 32.3 Å². The number of thiazole rings is 1. The predicted octanol–water partition coefficient (Wildman–Crippen LogP) is 4.17. The fourth-order valence-corrected chi connectivity index (χ4v) is 6.44. The Balaban J connectivity index is 1.27. The number of hydrogen-bond donors (Lipinski definition) is 0. The molecule has 2 aromatic carbocycles. The molecule has 0 radical (unpaired) electrons. The molecular weight excluding hydrogens is 440 g/mol. The summed E-state index contributed by atoms with van der Waals surface area (Å²) in [4.78, 5) is 11.7. The fourth-order valence-electron chi connectivity index (χ4n) is 4.04. The zero-order valence-electron chi connectivity index (χ0n) is 17.8. The van der Waals surface area contributed by atoms with Crippen LogP contribution in [0.1, 0.15) is 11.3 Å². The van der Waals surface area contributed by atoms with Crippen LogP contribution in [0.2, 0.25) is 0 Å². The summed E-state index contributed by atoms with van der Waals surface area (Å²) < 4.78 is 28.3. The lowest BCUT2D eigenvalue weighted by atomic mass is 10.2. The van der Waals surface area contributed by atoms with Crippen LogP contribution >= 0.6 is 11.3 Å². The average Bonchev–Trinajstić information content (AvgIpc) is 3.28. The number of piperazine rings is 1. The van der Waals surface area contributed by atoms with Gasteiger partial charge in [0.15, 0.2) is 0 Å². The second-order valence-electron chi connectivity index (χ2n) is 8.03. The summed E-state index contributed by atoms with van der Waals surface area (Å²) in [6.07, 6.45) is 1.72. The van der Waals surface area contributed by atoms with Crippen LogP contribution in [0.3, 0.4) is 0 Å². The molecule has 0 unspecified atom stereocenters. The molecule has 6 nitrogen and oxygen atoms in total. The zero-order valence-corrected chi connectivity index (χ0v) is 19.4. The molecule has 0 aliphatic carbocycles. The Labute approximate surface area is 192 Å². The molecule has 0 spiro atoms. The minimum Gasteiger partial charge on any atom is -0.295 e. The molecule has 0 saturated carbocycles. The molecule has 164 valence electrons. The highest BCUT2D eigenvalue weighted by atomic mass is 32.2. The van der Waals surface area contributed by atoms with Crippen LogP contribution in [0.5, 0.6) is 0 Å². The van der Waals surface area contributed by atoms with Gasteiger partial charge in [0.05, 0.1) is 11.2 Å². The second-order valence-corrected chi connectivity index (χ2v) is 10.8. The van der Waals surface area contributed by atoms with Crippen LogP contribution in [0, 0.1) is 6.92 Å². The number of hydrogen-bond acceptors (Lipinski definition) is 6. The summed E-state index contributed by atoms with van der Waals surface area (Å²) in [5, 5.41) is 3.96. The van der Waals surface area contributed by atoms with Crippen LogP contribution in [0.25, 0.3) is 21.5 Å². The third kappa shape index (κ3) is 4.19. The Kier molecular flexibility index (Phi) is 5.77. The molecule has 0 N–H and O–H groups in total. The summed E-state index contributed by atoms with van der Waals surface area (Å²) in [6, 6.07) is 17.5. The summed E-state index contributed by atoms with van der Waals surface area (Å²) in [7, 11) is -3.60. The minimum atomic E-state index is -3.60. The monoisotopic (exact) mass is 464 g/mol. The number of rotatable bonds is 5. The van der Waals surface area contributed by atoms with Crippen molar-refractivity contribution in [1.29, 1.82) is 0 Å². The molecule has 0 amide bonds. The van der Waals surface area contributed by atoms with Crippen molar-refractivity contribution in [3.63, 3.8) is 0 Å². The zero-order chi connectivity index (χ0) is 22.1. The molecule has 32 heavy (non-hydrogen) atoms. The van der Waals surface area contributed by atoms with Gasteiger partial charge in [0.1, 0.15) is 9.90 Å². The van der Waals surface area contributed by atoms with Crippen LogP contribution in [-0.4, -0.2) is 53.8 Å². The highest BCUT2D eigenvalue weighted by Gasteiger charge is 2.30. The third-order valence-corrected chi connectivity index (χ3v) is 8.59. The molecule has 5 rings (SSSR count). The smallest absolute Gasteiger partial charge is 0.245 e. The number of nitrogens with zero attached hydrogens (tertiary/aromatic N) is 4. The second kappa shape index (κ2) is 8.71. The molecule has 2 aromatic heterocycles. The Hall–Kier alpha value is -2.65. The first-order chi connectivity index (χ1) is 15.5. The number of pyridine rings is 1. The van der Waals surface area contributed by atoms with E-state index in [4.69, 9.17) is 4.98 Å². The Morgan fingerprint density at radius 1 is 1.00 bits per heavy atom. The van der Waals surface area contributed by atoms with Crippen molar-refractivity contribution in [2.24, 2.45) is 0 Å². The Bertz CT molecular complexity index is 1340. The van der Waals surface area contributed by atoms with Crippen molar-refractivity contribution in [2.45, 2.75) is 18.4 Å². The van der Waals surface area contributed by atoms with Crippen molar-refractivity contribution < 1.29 is 8.42 Å². The van der Waals surface area contributed by atoms with Gasteiger partial charge in [-0.2, -0.15) is 4.31 Å². The number of sulfonamides is 1. The van der Waals surface area contributed by atoms with Crippen LogP contribution in [0.15, 0.2) is 71.1 Å². The minimum absolute atomic E-state index is 0.287. The first-order valence-corrected chi connectivity index (χ1v) is 12.9. The largest absolute Gasteiger partial charge is 0.295 e. The number of para-hydroxylation sites is 1. The molecule has 3 heterocycles. The lowest BCUT2D eigenvalue weighted by Crippen LogP contribution is -2.48.